The summed E-state index contributed by atoms with van der Waals surface area (Å²) >= 11 is 0. The van der Waals surface area contributed by atoms with E-state index < -0.39 is 0 Å². The summed E-state index contributed by atoms with van der Waals surface area (Å²) in [6.45, 7) is 3.42. The molecule has 0 unspecified atom stereocenters. The van der Waals surface area contributed by atoms with E-state index in [0.717, 1.165) is 31.7 Å². The van der Waals surface area contributed by atoms with Crippen LogP contribution < -0.4 is 4.90 Å². The maximum absolute atomic E-state index is 12.8. The van der Waals surface area contributed by atoms with E-state index in [4.69, 9.17) is 4.74 Å². The van der Waals surface area contributed by atoms with Gasteiger partial charge in [0.05, 0.1) is 31.5 Å². The number of rotatable bonds is 2. The van der Waals surface area contributed by atoms with Gasteiger partial charge in [0.15, 0.2) is 0 Å². The highest BCUT2D eigenvalue weighted by molar-refractivity contribution is 5.94. The number of carbonyl (C=O) groups excluding carboxylic acids is 1. The zero-order valence-electron chi connectivity index (χ0n) is 14.0. The lowest BCUT2D eigenvalue weighted by Crippen LogP contribution is -2.61. The van der Waals surface area contributed by atoms with Crippen LogP contribution in [-0.4, -0.2) is 64.1 Å². The van der Waals surface area contributed by atoms with E-state index in [2.05, 4.69) is 19.9 Å². The van der Waals surface area contributed by atoms with Gasteiger partial charge >= 0.3 is 0 Å². The SMILES string of the molecule is O=C(c1cccnc1)N1CCO[C@]2(CCCN(c3cnccn3)C2)C1. The molecule has 2 aliphatic heterocycles. The number of carbonyl (C=O) groups is 1. The Morgan fingerprint density at radius 2 is 2.04 bits per heavy atom. The lowest BCUT2D eigenvalue weighted by molar-refractivity contribution is -0.105. The molecule has 1 amide bonds. The fraction of sp³-hybridized carbons (Fsp3) is 0.444. The Bertz CT molecular complexity index is 723. The van der Waals surface area contributed by atoms with Crippen LogP contribution >= 0.6 is 0 Å². The third kappa shape index (κ3) is 3.32. The summed E-state index contributed by atoms with van der Waals surface area (Å²) in [4.78, 5) is 29.5. The van der Waals surface area contributed by atoms with Crippen molar-refractivity contribution in [2.45, 2.75) is 18.4 Å². The van der Waals surface area contributed by atoms with Crippen molar-refractivity contribution in [2.24, 2.45) is 0 Å². The van der Waals surface area contributed by atoms with Crippen LogP contribution in [0.3, 0.4) is 0 Å². The minimum Gasteiger partial charge on any atom is -0.369 e. The van der Waals surface area contributed by atoms with E-state index in [-0.39, 0.29) is 11.5 Å². The first kappa shape index (κ1) is 16.0. The molecular weight excluding hydrogens is 318 g/mol. The number of pyridine rings is 1. The molecule has 0 bridgehead atoms. The van der Waals surface area contributed by atoms with Crippen LogP contribution in [0.25, 0.3) is 0 Å². The second-order valence-corrected chi connectivity index (χ2v) is 6.59. The molecule has 25 heavy (non-hydrogen) atoms. The summed E-state index contributed by atoms with van der Waals surface area (Å²) in [6.07, 6.45) is 10.4. The summed E-state index contributed by atoms with van der Waals surface area (Å²) in [5.74, 6) is 0.883. The monoisotopic (exact) mass is 339 g/mol. The standard InChI is InChI=1S/C18H21N5O2/c24-17(15-3-1-5-19-11-15)23-9-10-25-18(14-23)4-2-8-22(13-18)16-12-20-6-7-21-16/h1,3,5-7,11-12H,2,4,8-10,13-14H2/t18-/m0/s1. The molecule has 2 aromatic heterocycles. The van der Waals surface area contributed by atoms with Gasteiger partial charge in [0.25, 0.3) is 5.91 Å². The van der Waals surface area contributed by atoms with Gasteiger partial charge in [-0.1, -0.05) is 0 Å². The topological polar surface area (TPSA) is 71.5 Å². The van der Waals surface area contributed by atoms with Gasteiger partial charge in [0, 0.05) is 37.9 Å². The Labute approximate surface area is 146 Å². The van der Waals surface area contributed by atoms with E-state index in [0.29, 0.717) is 25.3 Å². The summed E-state index contributed by atoms with van der Waals surface area (Å²) in [7, 11) is 0. The molecule has 4 rings (SSSR count). The molecule has 0 saturated carbocycles. The zero-order chi connectivity index (χ0) is 17.1. The number of anilines is 1. The molecule has 2 aromatic rings. The highest BCUT2D eigenvalue weighted by atomic mass is 16.5. The third-order valence-electron chi connectivity index (χ3n) is 4.86. The molecule has 0 aromatic carbocycles. The third-order valence-corrected chi connectivity index (χ3v) is 4.86. The average molecular weight is 339 g/mol. The fourth-order valence-electron chi connectivity index (χ4n) is 3.69. The molecule has 0 N–H and O–H groups in total. The van der Waals surface area contributed by atoms with Crippen molar-refractivity contribution in [3.05, 3.63) is 48.7 Å². The Morgan fingerprint density at radius 3 is 2.84 bits per heavy atom. The first-order valence-corrected chi connectivity index (χ1v) is 8.60. The maximum atomic E-state index is 12.8. The molecule has 4 heterocycles. The largest absolute Gasteiger partial charge is 0.369 e. The first-order chi connectivity index (χ1) is 12.3. The van der Waals surface area contributed by atoms with Crippen LogP contribution in [-0.2, 0) is 4.74 Å². The first-order valence-electron chi connectivity index (χ1n) is 8.60. The van der Waals surface area contributed by atoms with Crippen LogP contribution in [0.2, 0.25) is 0 Å². The van der Waals surface area contributed by atoms with Crippen molar-refractivity contribution in [1.29, 1.82) is 0 Å². The normalized spacial score (nSPS) is 23.7. The van der Waals surface area contributed by atoms with Gasteiger partial charge in [-0.2, -0.15) is 0 Å². The minimum atomic E-state index is -0.341. The van der Waals surface area contributed by atoms with Gasteiger partial charge < -0.3 is 14.5 Å². The number of hydrogen-bond acceptors (Lipinski definition) is 6. The fourth-order valence-corrected chi connectivity index (χ4v) is 3.69. The highest BCUT2D eigenvalue weighted by Gasteiger charge is 2.42. The van der Waals surface area contributed by atoms with E-state index in [9.17, 15) is 4.79 Å². The molecular formula is C18H21N5O2. The van der Waals surface area contributed by atoms with Crippen molar-refractivity contribution < 1.29 is 9.53 Å². The number of morpholine rings is 1. The molecule has 7 nitrogen and oxygen atoms in total. The molecule has 0 aliphatic carbocycles. The molecule has 2 aliphatic rings. The Hall–Kier alpha value is -2.54. The molecule has 2 fully saturated rings. The summed E-state index contributed by atoms with van der Waals surface area (Å²) < 4.78 is 6.18. The lowest BCUT2D eigenvalue weighted by atomic mass is 9.90. The van der Waals surface area contributed by atoms with Gasteiger partial charge in [-0.3, -0.25) is 14.8 Å². The molecule has 1 atom stereocenters. The van der Waals surface area contributed by atoms with E-state index in [1.54, 1.807) is 37.1 Å². The number of nitrogens with zero attached hydrogens (tertiary/aromatic N) is 5. The number of aromatic nitrogens is 3. The quantitative estimate of drug-likeness (QED) is 0.823. The molecule has 2 saturated heterocycles. The zero-order valence-corrected chi connectivity index (χ0v) is 14.0. The van der Waals surface area contributed by atoms with E-state index in [1.165, 1.54) is 0 Å². The smallest absolute Gasteiger partial charge is 0.255 e. The predicted molar refractivity (Wildman–Crippen MR) is 92.3 cm³/mol. The maximum Gasteiger partial charge on any atom is 0.255 e. The lowest BCUT2D eigenvalue weighted by Gasteiger charge is -2.48. The summed E-state index contributed by atoms with van der Waals surface area (Å²) in [5, 5.41) is 0. The number of hydrogen-bond donors (Lipinski definition) is 0. The predicted octanol–water partition coefficient (Wildman–Crippen LogP) is 1.38. The Balaban J connectivity index is 1.51. The van der Waals surface area contributed by atoms with Gasteiger partial charge in [-0.15, -0.1) is 0 Å². The number of ether oxygens (including phenoxy) is 1. The number of amides is 1. The van der Waals surface area contributed by atoms with Crippen molar-refractivity contribution in [3.63, 3.8) is 0 Å². The molecule has 0 radical (unpaired) electrons. The highest BCUT2D eigenvalue weighted by Crippen LogP contribution is 2.31. The van der Waals surface area contributed by atoms with Gasteiger partial charge in [-0.25, -0.2) is 4.98 Å². The van der Waals surface area contributed by atoms with Gasteiger partial charge in [0.2, 0.25) is 0 Å². The van der Waals surface area contributed by atoms with Crippen molar-refractivity contribution in [3.8, 4) is 0 Å². The van der Waals surface area contributed by atoms with Crippen molar-refractivity contribution in [2.75, 3.05) is 37.7 Å². The van der Waals surface area contributed by atoms with E-state index in [1.807, 2.05) is 11.0 Å². The Kier molecular flexibility index (Phi) is 4.31. The Morgan fingerprint density at radius 1 is 1.12 bits per heavy atom. The summed E-state index contributed by atoms with van der Waals surface area (Å²) in [5.41, 5.74) is 0.285. The van der Waals surface area contributed by atoms with E-state index >= 15 is 0 Å². The molecule has 7 heteroatoms. The number of piperidine rings is 1. The second-order valence-electron chi connectivity index (χ2n) is 6.59. The van der Waals surface area contributed by atoms with Crippen LogP contribution in [0.15, 0.2) is 43.1 Å². The molecule has 1 spiro atoms. The van der Waals surface area contributed by atoms with Crippen LogP contribution in [0.5, 0.6) is 0 Å². The van der Waals surface area contributed by atoms with Crippen LogP contribution in [0, 0.1) is 0 Å². The van der Waals surface area contributed by atoms with Gasteiger partial charge in [-0.05, 0) is 25.0 Å². The van der Waals surface area contributed by atoms with Crippen LogP contribution in [0.4, 0.5) is 5.82 Å². The van der Waals surface area contributed by atoms with Gasteiger partial charge in [0.1, 0.15) is 11.4 Å². The van der Waals surface area contributed by atoms with Crippen molar-refractivity contribution in [1.82, 2.24) is 19.9 Å². The minimum absolute atomic E-state index is 0.0207. The van der Waals surface area contributed by atoms with Crippen LogP contribution in [0.1, 0.15) is 23.2 Å². The summed E-state index contributed by atoms with van der Waals surface area (Å²) in [6, 6.07) is 3.60. The molecule has 130 valence electrons. The average Bonchev–Trinajstić information content (AvgIpc) is 2.69. The van der Waals surface area contributed by atoms with Crippen molar-refractivity contribution >= 4 is 11.7 Å². The second kappa shape index (κ2) is 6.76.